The molecule has 1 aliphatic rings. The Morgan fingerprint density at radius 3 is 2.67 bits per heavy atom. The molecule has 3 rings (SSSR count). The third-order valence-corrected chi connectivity index (χ3v) is 5.18. The topological polar surface area (TPSA) is 87.1 Å². The van der Waals surface area contributed by atoms with Gasteiger partial charge in [0.1, 0.15) is 10.6 Å². The molecule has 2 N–H and O–H groups in total. The quantitative estimate of drug-likeness (QED) is 0.937. The van der Waals surface area contributed by atoms with Crippen molar-refractivity contribution in [3.8, 4) is 11.5 Å². The number of rotatable bonds is 3. The highest BCUT2D eigenvalue weighted by Crippen LogP contribution is 2.42. The molecule has 2 aromatic rings. The lowest BCUT2D eigenvalue weighted by atomic mass is 9.79. The second-order valence-electron chi connectivity index (χ2n) is 5.81. The number of nitrogen functional groups attached to an aromatic ring is 1. The van der Waals surface area contributed by atoms with Gasteiger partial charge in [-0.25, -0.2) is 0 Å². The maximum atomic E-state index is 5.94. The Balaban J connectivity index is 1.94. The van der Waals surface area contributed by atoms with E-state index in [0.717, 1.165) is 42.9 Å². The third kappa shape index (κ3) is 2.44. The van der Waals surface area contributed by atoms with Gasteiger partial charge >= 0.3 is 0 Å². The molecule has 0 spiro atoms. The fourth-order valence-corrected chi connectivity index (χ4v) is 3.56. The molecule has 0 saturated heterocycles. The van der Waals surface area contributed by atoms with E-state index in [-0.39, 0.29) is 0 Å². The van der Waals surface area contributed by atoms with Crippen LogP contribution >= 0.6 is 11.5 Å². The standard InChI is InChI=1S/C14H20N4O2S/c1-8-4-6-14(19-3,7-5-8)13-16-12(20-17-13)10-9(2)18-21-11(10)15/h8H,4-7,15H2,1-3H3. The van der Waals surface area contributed by atoms with Crippen LogP contribution in [0.4, 0.5) is 5.00 Å². The summed E-state index contributed by atoms with van der Waals surface area (Å²) in [5, 5.41) is 4.76. The molecule has 0 aliphatic heterocycles. The van der Waals surface area contributed by atoms with Crippen LogP contribution in [0.25, 0.3) is 11.5 Å². The summed E-state index contributed by atoms with van der Waals surface area (Å²) in [6.07, 6.45) is 4.05. The van der Waals surface area contributed by atoms with Gasteiger partial charge in [-0.1, -0.05) is 12.1 Å². The van der Waals surface area contributed by atoms with Crippen LogP contribution in [0.3, 0.4) is 0 Å². The van der Waals surface area contributed by atoms with Gasteiger partial charge in [-0.2, -0.15) is 9.36 Å². The lowest BCUT2D eigenvalue weighted by molar-refractivity contribution is -0.0609. The number of nitrogens with zero attached hydrogens (tertiary/aromatic N) is 3. The summed E-state index contributed by atoms with van der Waals surface area (Å²) in [5.41, 5.74) is 7.07. The van der Waals surface area contributed by atoms with Crippen molar-refractivity contribution in [2.75, 3.05) is 12.8 Å². The number of hydrogen-bond donors (Lipinski definition) is 1. The van der Waals surface area contributed by atoms with E-state index in [1.165, 1.54) is 11.5 Å². The molecule has 2 heterocycles. The smallest absolute Gasteiger partial charge is 0.262 e. The highest BCUT2D eigenvalue weighted by Gasteiger charge is 2.40. The van der Waals surface area contributed by atoms with Crippen molar-refractivity contribution in [2.45, 2.75) is 45.1 Å². The molecule has 1 saturated carbocycles. The number of anilines is 1. The van der Waals surface area contributed by atoms with E-state index in [1.54, 1.807) is 7.11 Å². The Labute approximate surface area is 127 Å². The summed E-state index contributed by atoms with van der Waals surface area (Å²) in [4.78, 5) is 4.55. The van der Waals surface area contributed by atoms with Gasteiger partial charge in [0, 0.05) is 7.11 Å². The molecule has 0 bridgehead atoms. The summed E-state index contributed by atoms with van der Waals surface area (Å²) in [6.45, 7) is 4.16. The van der Waals surface area contributed by atoms with E-state index < -0.39 is 5.60 Å². The van der Waals surface area contributed by atoms with Crippen LogP contribution in [0.5, 0.6) is 0 Å². The van der Waals surface area contributed by atoms with E-state index >= 15 is 0 Å². The largest absolute Gasteiger partial charge is 0.389 e. The summed E-state index contributed by atoms with van der Waals surface area (Å²) >= 11 is 1.24. The molecule has 2 aromatic heterocycles. The van der Waals surface area contributed by atoms with Crippen LogP contribution in [-0.4, -0.2) is 21.6 Å². The van der Waals surface area contributed by atoms with E-state index in [0.29, 0.717) is 16.7 Å². The summed E-state index contributed by atoms with van der Waals surface area (Å²) in [7, 11) is 1.72. The van der Waals surface area contributed by atoms with Crippen LogP contribution < -0.4 is 5.73 Å². The van der Waals surface area contributed by atoms with Crippen LogP contribution in [0, 0.1) is 12.8 Å². The first-order valence-electron chi connectivity index (χ1n) is 7.17. The molecule has 21 heavy (non-hydrogen) atoms. The van der Waals surface area contributed by atoms with Gasteiger partial charge in [0.15, 0.2) is 0 Å². The molecule has 1 aliphatic carbocycles. The average molecular weight is 308 g/mol. The lowest BCUT2D eigenvalue weighted by Crippen LogP contribution is -2.34. The fraction of sp³-hybridized carbons (Fsp3) is 0.643. The number of aromatic nitrogens is 3. The highest BCUT2D eigenvalue weighted by atomic mass is 32.1. The number of hydrogen-bond acceptors (Lipinski definition) is 7. The second-order valence-corrected chi connectivity index (χ2v) is 6.62. The molecular weight excluding hydrogens is 288 g/mol. The fourth-order valence-electron chi connectivity index (χ4n) is 2.90. The van der Waals surface area contributed by atoms with Crippen molar-refractivity contribution in [3.05, 3.63) is 11.5 Å². The zero-order valence-electron chi connectivity index (χ0n) is 12.5. The minimum Gasteiger partial charge on any atom is -0.389 e. The summed E-state index contributed by atoms with van der Waals surface area (Å²) in [6, 6.07) is 0. The molecule has 7 heteroatoms. The van der Waals surface area contributed by atoms with Crippen molar-refractivity contribution in [2.24, 2.45) is 5.92 Å². The third-order valence-electron chi connectivity index (χ3n) is 4.41. The van der Waals surface area contributed by atoms with Gasteiger partial charge in [0.05, 0.1) is 11.3 Å². The minimum absolute atomic E-state index is 0.430. The predicted octanol–water partition coefficient (Wildman–Crippen LogP) is 3.14. The first kappa shape index (κ1) is 14.5. The normalized spacial score (nSPS) is 26.1. The Hall–Kier alpha value is -1.47. The Kier molecular flexibility index (Phi) is 3.71. The van der Waals surface area contributed by atoms with Gasteiger partial charge in [0.25, 0.3) is 5.89 Å². The molecule has 0 radical (unpaired) electrons. The lowest BCUT2D eigenvalue weighted by Gasteiger charge is -2.35. The van der Waals surface area contributed by atoms with Crippen LogP contribution in [-0.2, 0) is 10.3 Å². The van der Waals surface area contributed by atoms with E-state index in [9.17, 15) is 0 Å². The van der Waals surface area contributed by atoms with Crippen LogP contribution in [0.2, 0.25) is 0 Å². The molecule has 0 aromatic carbocycles. The van der Waals surface area contributed by atoms with Gasteiger partial charge in [0.2, 0.25) is 5.82 Å². The predicted molar refractivity (Wildman–Crippen MR) is 80.9 cm³/mol. The molecule has 0 unspecified atom stereocenters. The number of aryl methyl sites for hydroxylation is 1. The first-order valence-corrected chi connectivity index (χ1v) is 7.94. The number of methoxy groups -OCH3 is 1. The monoisotopic (exact) mass is 308 g/mol. The van der Waals surface area contributed by atoms with Gasteiger partial charge in [-0.3, -0.25) is 0 Å². The van der Waals surface area contributed by atoms with Crippen molar-refractivity contribution in [1.29, 1.82) is 0 Å². The Morgan fingerprint density at radius 2 is 2.10 bits per heavy atom. The molecule has 0 amide bonds. The van der Waals surface area contributed by atoms with Gasteiger partial charge in [-0.05, 0) is 50.1 Å². The van der Waals surface area contributed by atoms with Gasteiger partial charge < -0.3 is 15.0 Å². The SMILES string of the molecule is COC1(c2noc(-c3c(C)nsc3N)n2)CCC(C)CC1. The average Bonchev–Trinajstić information content (AvgIpc) is 3.08. The van der Waals surface area contributed by atoms with Crippen molar-refractivity contribution in [1.82, 2.24) is 14.5 Å². The molecule has 6 nitrogen and oxygen atoms in total. The molecule has 114 valence electrons. The maximum absolute atomic E-state index is 5.94. The van der Waals surface area contributed by atoms with E-state index in [2.05, 4.69) is 21.4 Å². The van der Waals surface area contributed by atoms with Crippen LogP contribution in [0.1, 0.15) is 44.1 Å². The second kappa shape index (κ2) is 5.38. The van der Waals surface area contributed by atoms with E-state index in [1.807, 2.05) is 6.92 Å². The minimum atomic E-state index is -0.430. The molecule has 0 atom stereocenters. The van der Waals surface area contributed by atoms with Crippen molar-refractivity contribution < 1.29 is 9.26 Å². The summed E-state index contributed by atoms with van der Waals surface area (Å²) in [5.74, 6) is 1.78. The maximum Gasteiger partial charge on any atom is 0.262 e. The first-order chi connectivity index (χ1) is 10.1. The summed E-state index contributed by atoms with van der Waals surface area (Å²) < 4.78 is 15.4. The molecule has 1 fully saturated rings. The van der Waals surface area contributed by atoms with Gasteiger partial charge in [-0.15, -0.1) is 0 Å². The molecular formula is C14H20N4O2S. The van der Waals surface area contributed by atoms with Crippen molar-refractivity contribution >= 4 is 16.5 Å². The van der Waals surface area contributed by atoms with E-state index in [4.69, 9.17) is 15.0 Å². The number of nitrogens with two attached hydrogens (primary N) is 1. The zero-order chi connectivity index (χ0) is 15.0. The Bertz CT molecular complexity index is 609. The highest BCUT2D eigenvalue weighted by molar-refractivity contribution is 7.10. The van der Waals surface area contributed by atoms with Crippen molar-refractivity contribution in [3.63, 3.8) is 0 Å². The number of ether oxygens (including phenoxy) is 1. The Morgan fingerprint density at radius 1 is 1.38 bits per heavy atom. The zero-order valence-corrected chi connectivity index (χ0v) is 13.4. The van der Waals surface area contributed by atoms with Crippen LogP contribution in [0.15, 0.2) is 4.52 Å².